The van der Waals surface area contributed by atoms with Crippen molar-refractivity contribution >= 4 is 29.1 Å². The summed E-state index contributed by atoms with van der Waals surface area (Å²) in [6.45, 7) is 5.60. The van der Waals surface area contributed by atoms with Crippen molar-refractivity contribution in [3.05, 3.63) is 87.9 Å². The fraction of sp³-hybridized carbons (Fsp3) is 0.217. The predicted molar refractivity (Wildman–Crippen MR) is 123 cm³/mol. The summed E-state index contributed by atoms with van der Waals surface area (Å²) in [6, 6.07) is 13.3. The van der Waals surface area contributed by atoms with Gasteiger partial charge >= 0.3 is 0 Å². The molecule has 0 saturated heterocycles. The Morgan fingerprint density at radius 1 is 1.16 bits per heavy atom. The molecule has 4 rings (SSSR count). The Balaban J connectivity index is 1.41. The summed E-state index contributed by atoms with van der Waals surface area (Å²) >= 11 is 1.52. The van der Waals surface area contributed by atoms with Crippen molar-refractivity contribution in [1.29, 1.82) is 0 Å². The summed E-state index contributed by atoms with van der Waals surface area (Å²) in [4.78, 5) is 34.5. The minimum Gasteiger partial charge on any atom is -0.322 e. The highest BCUT2D eigenvalue weighted by Crippen LogP contribution is 2.24. The second-order valence-corrected chi connectivity index (χ2v) is 8.70. The number of anilines is 1. The maximum absolute atomic E-state index is 13.7. The normalized spacial score (nSPS) is 11.3. The van der Waals surface area contributed by atoms with Crippen LogP contribution in [0.15, 0.2) is 64.5 Å². The lowest BCUT2D eigenvalue weighted by atomic mass is 10.1. The molecular formula is C23H22FN5O2S. The van der Waals surface area contributed by atoms with Gasteiger partial charge in [0.2, 0.25) is 0 Å². The van der Waals surface area contributed by atoms with Crippen LogP contribution in [0.2, 0.25) is 0 Å². The van der Waals surface area contributed by atoms with Crippen molar-refractivity contribution in [1.82, 2.24) is 19.2 Å². The molecule has 9 heteroatoms. The molecule has 1 amide bonds. The standard InChI is InChI=1S/C23H22FN5O2S/c1-14(2)28-13-25-23-27-18(11-21(30)29(23)28)12-32-19-8-6-17(7-9-19)26-22(31)16-5-4-15(3)20(24)10-16/h4-11,13-14H,12H2,1-3H3,(H,26,31). The van der Waals surface area contributed by atoms with Crippen molar-refractivity contribution < 1.29 is 9.18 Å². The van der Waals surface area contributed by atoms with Crippen LogP contribution in [-0.2, 0) is 5.75 Å². The summed E-state index contributed by atoms with van der Waals surface area (Å²) in [7, 11) is 0. The van der Waals surface area contributed by atoms with E-state index in [9.17, 15) is 14.0 Å². The molecule has 0 aliphatic carbocycles. The third-order valence-electron chi connectivity index (χ3n) is 4.92. The van der Waals surface area contributed by atoms with Gasteiger partial charge in [-0.1, -0.05) is 6.07 Å². The quantitative estimate of drug-likeness (QED) is 0.438. The van der Waals surface area contributed by atoms with Gasteiger partial charge < -0.3 is 5.32 Å². The van der Waals surface area contributed by atoms with Crippen LogP contribution in [0.1, 0.15) is 41.5 Å². The van der Waals surface area contributed by atoms with Crippen molar-refractivity contribution in [2.24, 2.45) is 0 Å². The number of rotatable bonds is 6. The highest BCUT2D eigenvalue weighted by molar-refractivity contribution is 7.98. The fourth-order valence-electron chi connectivity index (χ4n) is 3.14. The van der Waals surface area contributed by atoms with Gasteiger partial charge in [-0.2, -0.15) is 9.50 Å². The van der Waals surface area contributed by atoms with Crippen LogP contribution in [0.4, 0.5) is 10.1 Å². The Labute approximate surface area is 188 Å². The summed E-state index contributed by atoms with van der Waals surface area (Å²) < 4.78 is 16.9. The van der Waals surface area contributed by atoms with Crippen LogP contribution in [0.3, 0.4) is 0 Å². The average molecular weight is 452 g/mol. The van der Waals surface area contributed by atoms with E-state index in [4.69, 9.17) is 0 Å². The Morgan fingerprint density at radius 2 is 1.91 bits per heavy atom. The highest BCUT2D eigenvalue weighted by atomic mass is 32.2. The second kappa shape index (κ2) is 8.96. The molecule has 0 spiro atoms. The zero-order chi connectivity index (χ0) is 22.8. The van der Waals surface area contributed by atoms with Gasteiger partial charge in [0.05, 0.1) is 5.69 Å². The number of fused-ring (bicyclic) bond motifs is 1. The predicted octanol–water partition coefficient (Wildman–Crippen LogP) is 4.46. The average Bonchev–Trinajstić information content (AvgIpc) is 3.20. The molecule has 2 aromatic heterocycles. The zero-order valence-corrected chi connectivity index (χ0v) is 18.7. The third kappa shape index (κ3) is 4.57. The van der Waals surface area contributed by atoms with Crippen LogP contribution >= 0.6 is 11.8 Å². The van der Waals surface area contributed by atoms with Crippen molar-refractivity contribution in [2.45, 2.75) is 37.5 Å². The van der Waals surface area contributed by atoms with Crippen molar-refractivity contribution in [3.63, 3.8) is 0 Å². The SMILES string of the molecule is Cc1ccc(C(=O)Nc2ccc(SCc3cc(=O)n4c(ncn4C(C)C)n3)cc2)cc1F. The molecule has 0 atom stereocenters. The van der Waals surface area contributed by atoms with E-state index < -0.39 is 5.82 Å². The van der Waals surface area contributed by atoms with Crippen molar-refractivity contribution in [3.8, 4) is 0 Å². The number of halogens is 1. The van der Waals surface area contributed by atoms with Gasteiger partial charge in [0, 0.05) is 34.0 Å². The molecule has 32 heavy (non-hydrogen) atoms. The number of hydrogen-bond donors (Lipinski definition) is 1. The molecule has 2 aromatic carbocycles. The molecule has 0 aliphatic heterocycles. The molecule has 0 radical (unpaired) electrons. The molecule has 7 nitrogen and oxygen atoms in total. The topological polar surface area (TPSA) is 81.3 Å². The highest BCUT2D eigenvalue weighted by Gasteiger charge is 2.11. The third-order valence-corrected chi connectivity index (χ3v) is 5.96. The van der Waals surface area contributed by atoms with E-state index in [1.54, 1.807) is 42.2 Å². The monoisotopic (exact) mass is 451 g/mol. The molecule has 0 saturated carbocycles. The molecule has 4 aromatic rings. The molecule has 1 N–H and O–H groups in total. The van der Waals surface area contributed by atoms with E-state index in [1.165, 1.54) is 28.4 Å². The largest absolute Gasteiger partial charge is 0.322 e. The minimum absolute atomic E-state index is 0.101. The Kier molecular flexibility index (Phi) is 6.09. The Bertz CT molecular complexity index is 1350. The number of aromatic nitrogens is 4. The molecule has 0 bridgehead atoms. The summed E-state index contributed by atoms with van der Waals surface area (Å²) in [5.41, 5.74) is 1.85. The van der Waals surface area contributed by atoms with E-state index in [-0.39, 0.29) is 23.1 Å². The number of nitrogens with one attached hydrogen (secondary N) is 1. The number of aryl methyl sites for hydroxylation is 1. The first-order chi connectivity index (χ1) is 15.3. The summed E-state index contributed by atoms with van der Waals surface area (Å²) in [5, 5.41) is 2.76. The van der Waals surface area contributed by atoms with E-state index in [1.807, 2.05) is 26.0 Å². The minimum atomic E-state index is -0.410. The number of carbonyl (C=O) groups excluding carboxylic acids is 1. The van der Waals surface area contributed by atoms with Gasteiger partial charge in [-0.3, -0.25) is 14.3 Å². The molecule has 164 valence electrons. The Morgan fingerprint density at radius 3 is 2.59 bits per heavy atom. The first-order valence-corrected chi connectivity index (χ1v) is 11.1. The van der Waals surface area contributed by atoms with E-state index >= 15 is 0 Å². The number of amides is 1. The van der Waals surface area contributed by atoms with Crippen LogP contribution in [0, 0.1) is 12.7 Å². The first-order valence-electron chi connectivity index (χ1n) is 10.1. The van der Waals surface area contributed by atoms with Crippen LogP contribution in [0.5, 0.6) is 0 Å². The molecule has 2 heterocycles. The molecular weight excluding hydrogens is 429 g/mol. The maximum Gasteiger partial charge on any atom is 0.274 e. The second-order valence-electron chi connectivity index (χ2n) is 7.65. The number of hydrogen-bond acceptors (Lipinski definition) is 5. The smallest absolute Gasteiger partial charge is 0.274 e. The lowest BCUT2D eigenvalue weighted by molar-refractivity contribution is 0.102. The molecule has 0 unspecified atom stereocenters. The van der Waals surface area contributed by atoms with Gasteiger partial charge in [-0.15, -0.1) is 11.8 Å². The summed E-state index contributed by atoms with van der Waals surface area (Å²) in [6.07, 6.45) is 1.61. The van der Waals surface area contributed by atoms with Crippen LogP contribution in [0.25, 0.3) is 5.78 Å². The molecule has 0 fully saturated rings. The van der Waals surface area contributed by atoms with Crippen molar-refractivity contribution in [2.75, 3.05) is 5.32 Å². The van der Waals surface area contributed by atoms with E-state index in [0.717, 1.165) is 4.90 Å². The van der Waals surface area contributed by atoms with Crippen LogP contribution in [-0.4, -0.2) is 25.1 Å². The van der Waals surface area contributed by atoms with Gasteiger partial charge in [-0.25, -0.2) is 9.37 Å². The van der Waals surface area contributed by atoms with Gasteiger partial charge in [-0.05, 0) is 62.7 Å². The van der Waals surface area contributed by atoms with E-state index in [2.05, 4.69) is 15.3 Å². The van der Waals surface area contributed by atoms with E-state index in [0.29, 0.717) is 28.5 Å². The molecule has 0 aliphatic rings. The Hall–Kier alpha value is -3.46. The summed E-state index contributed by atoms with van der Waals surface area (Å²) in [5.74, 6) is 0.108. The maximum atomic E-state index is 13.7. The first kappa shape index (κ1) is 21.8. The van der Waals surface area contributed by atoms with Gasteiger partial charge in [0.25, 0.3) is 17.2 Å². The number of nitrogens with zero attached hydrogens (tertiary/aromatic N) is 4. The lowest BCUT2D eigenvalue weighted by Crippen LogP contribution is -2.22. The number of benzene rings is 2. The van der Waals surface area contributed by atoms with Gasteiger partial charge in [0.1, 0.15) is 12.1 Å². The number of thioether (sulfide) groups is 1. The fourth-order valence-corrected chi connectivity index (χ4v) is 3.93. The lowest BCUT2D eigenvalue weighted by Gasteiger charge is -2.09. The van der Waals surface area contributed by atoms with Crippen LogP contribution < -0.4 is 10.9 Å². The van der Waals surface area contributed by atoms with Gasteiger partial charge in [0.15, 0.2) is 0 Å². The zero-order valence-electron chi connectivity index (χ0n) is 17.9. The number of carbonyl (C=O) groups is 1.